The molecule has 0 atom stereocenters. The fourth-order valence-electron chi connectivity index (χ4n) is 4.85. The number of carbonyl (C=O) groups excluding carboxylic acids is 1. The van der Waals surface area contributed by atoms with Crippen LogP contribution in [0.15, 0.2) is 67.6 Å². The summed E-state index contributed by atoms with van der Waals surface area (Å²) in [5, 5.41) is 7.40. The SMILES string of the molecule is C=CC(=O)Nc1cc(Nc2cc(-c3c[nH]c4ccccc34)ncn2)c(OC)cc1N(C)CCN1CCCC1. The van der Waals surface area contributed by atoms with Gasteiger partial charge in [-0.1, -0.05) is 24.8 Å². The van der Waals surface area contributed by atoms with E-state index in [4.69, 9.17) is 4.74 Å². The first-order valence-corrected chi connectivity index (χ1v) is 12.8. The summed E-state index contributed by atoms with van der Waals surface area (Å²) in [6, 6.07) is 13.8. The Balaban J connectivity index is 1.44. The summed E-state index contributed by atoms with van der Waals surface area (Å²) >= 11 is 0. The second kappa shape index (κ2) is 11.4. The number of aromatic nitrogens is 3. The number of H-pyrrole nitrogens is 1. The van der Waals surface area contributed by atoms with E-state index in [0.29, 0.717) is 22.9 Å². The quantitative estimate of drug-likeness (QED) is 0.257. The molecule has 0 saturated carbocycles. The molecule has 3 heterocycles. The van der Waals surface area contributed by atoms with Crippen LogP contribution in [-0.4, -0.2) is 66.1 Å². The van der Waals surface area contributed by atoms with E-state index in [1.54, 1.807) is 7.11 Å². The molecular weight excluding hydrogens is 478 g/mol. The van der Waals surface area contributed by atoms with Gasteiger partial charge in [0.1, 0.15) is 17.9 Å². The number of rotatable bonds is 10. The van der Waals surface area contributed by atoms with Gasteiger partial charge in [-0.05, 0) is 44.1 Å². The standard InChI is InChI=1S/C29H33N7O2/c1-4-29(37)34-24-15-25(27(38-3)17-26(24)35(2)13-14-36-11-7-8-12-36)33-28-16-23(31-19-32-28)21-18-30-22-10-6-5-9-20(21)22/h4-6,9-10,15-19,30H,1,7-8,11-14H2,2-3H3,(H,34,37)(H,31,32,33). The topological polar surface area (TPSA) is 98.4 Å². The molecule has 0 aliphatic carbocycles. The van der Waals surface area contributed by atoms with E-state index < -0.39 is 0 Å². The number of nitrogens with zero attached hydrogens (tertiary/aromatic N) is 4. The Morgan fingerprint density at radius 2 is 2.00 bits per heavy atom. The molecule has 1 aliphatic heterocycles. The Morgan fingerprint density at radius 3 is 2.79 bits per heavy atom. The Labute approximate surface area is 222 Å². The minimum Gasteiger partial charge on any atom is -0.494 e. The molecule has 9 nitrogen and oxygen atoms in total. The second-order valence-electron chi connectivity index (χ2n) is 9.39. The molecular formula is C29H33N7O2. The minimum absolute atomic E-state index is 0.279. The average Bonchev–Trinajstić information content (AvgIpc) is 3.62. The van der Waals surface area contributed by atoms with E-state index in [0.717, 1.165) is 54.0 Å². The van der Waals surface area contributed by atoms with Crippen LogP contribution in [-0.2, 0) is 4.79 Å². The van der Waals surface area contributed by atoms with Gasteiger partial charge in [-0.2, -0.15) is 0 Å². The predicted octanol–water partition coefficient (Wildman–Crippen LogP) is 5.03. The van der Waals surface area contributed by atoms with Crippen LogP contribution in [0, 0.1) is 0 Å². The maximum absolute atomic E-state index is 12.3. The normalized spacial score (nSPS) is 13.4. The van der Waals surface area contributed by atoms with Gasteiger partial charge in [-0.25, -0.2) is 9.97 Å². The summed E-state index contributed by atoms with van der Waals surface area (Å²) < 4.78 is 5.75. The minimum atomic E-state index is -0.279. The summed E-state index contributed by atoms with van der Waals surface area (Å²) in [6.07, 6.45) is 7.26. The van der Waals surface area contributed by atoms with Crippen molar-refractivity contribution in [3.8, 4) is 17.0 Å². The van der Waals surface area contributed by atoms with Crippen LogP contribution >= 0.6 is 0 Å². The molecule has 0 radical (unpaired) electrons. The van der Waals surface area contributed by atoms with E-state index in [2.05, 4.69) is 48.0 Å². The lowest BCUT2D eigenvalue weighted by Crippen LogP contribution is -2.32. The van der Waals surface area contributed by atoms with Crippen molar-refractivity contribution in [2.24, 2.45) is 0 Å². The van der Waals surface area contributed by atoms with Crippen molar-refractivity contribution in [1.29, 1.82) is 0 Å². The zero-order valence-corrected chi connectivity index (χ0v) is 21.8. The Kier molecular flexibility index (Phi) is 7.55. The first-order chi connectivity index (χ1) is 18.6. The van der Waals surface area contributed by atoms with Crippen LogP contribution < -0.4 is 20.3 Å². The van der Waals surface area contributed by atoms with E-state index in [9.17, 15) is 4.79 Å². The first-order valence-electron chi connectivity index (χ1n) is 12.8. The molecule has 0 spiro atoms. The molecule has 1 aliphatic rings. The summed E-state index contributed by atoms with van der Waals surface area (Å²) in [6.45, 7) is 7.67. The third-order valence-corrected chi connectivity index (χ3v) is 6.92. The molecule has 5 rings (SSSR count). The van der Waals surface area contributed by atoms with Crippen molar-refractivity contribution in [2.75, 3.05) is 55.9 Å². The highest BCUT2D eigenvalue weighted by Crippen LogP contribution is 2.38. The molecule has 1 fully saturated rings. The van der Waals surface area contributed by atoms with Crippen LogP contribution in [0.4, 0.5) is 22.9 Å². The lowest BCUT2D eigenvalue weighted by atomic mass is 10.1. The Hall–Kier alpha value is -4.37. The molecule has 3 N–H and O–H groups in total. The molecule has 2 aromatic carbocycles. The summed E-state index contributed by atoms with van der Waals surface area (Å²) in [5.74, 6) is 0.963. The number of hydrogen-bond donors (Lipinski definition) is 3. The van der Waals surface area contributed by atoms with Crippen LogP contribution in [0.3, 0.4) is 0 Å². The van der Waals surface area contributed by atoms with E-state index in [1.165, 1.54) is 25.2 Å². The number of likely N-dealkylation sites (N-methyl/N-ethyl adjacent to an activating group) is 1. The maximum atomic E-state index is 12.3. The number of aromatic amines is 1. The zero-order valence-electron chi connectivity index (χ0n) is 21.8. The average molecular weight is 512 g/mol. The van der Waals surface area contributed by atoms with Crippen LogP contribution in [0.25, 0.3) is 22.2 Å². The molecule has 0 bridgehead atoms. The highest BCUT2D eigenvalue weighted by molar-refractivity contribution is 6.02. The zero-order chi connectivity index (χ0) is 26.5. The lowest BCUT2D eigenvalue weighted by molar-refractivity contribution is -0.111. The van der Waals surface area contributed by atoms with Gasteiger partial charge < -0.3 is 30.2 Å². The summed E-state index contributed by atoms with van der Waals surface area (Å²) in [5.41, 5.74) is 5.03. The van der Waals surface area contributed by atoms with Crippen molar-refractivity contribution in [1.82, 2.24) is 19.9 Å². The van der Waals surface area contributed by atoms with Crippen LogP contribution in [0.5, 0.6) is 5.75 Å². The van der Waals surface area contributed by atoms with Crippen LogP contribution in [0.1, 0.15) is 12.8 Å². The first kappa shape index (κ1) is 25.3. The molecule has 1 amide bonds. The monoisotopic (exact) mass is 511 g/mol. The largest absolute Gasteiger partial charge is 0.494 e. The van der Waals surface area contributed by atoms with Gasteiger partial charge in [-0.3, -0.25) is 4.79 Å². The molecule has 38 heavy (non-hydrogen) atoms. The number of para-hydroxylation sites is 1. The van der Waals surface area contributed by atoms with E-state index in [1.807, 2.05) is 49.6 Å². The number of likely N-dealkylation sites (tertiary alicyclic amines) is 1. The number of anilines is 4. The number of amides is 1. The summed E-state index contributed by atoms with van der Waals surface area (Å²) in [4.78, 5) is 29.1. The number of methoxy groups -OCH3 is 1. The lowest BCUT2D eigenvalue weighted by Gasteiger charge is -2.26. The van der Waals surface area contributed by atoms with Gasteiger partial charge in [-0.15, -0.1) is 0 Å². The van der Waals surface area contributed by atoms with E-state index in [-0.39, 0.29) is 5.91 Å². The van der Waals surface area contributed by atoms with Gasteiger partial charge in [0.05, 0.1) is 29.9 Å². The van der Waals surface area contributed by atoms with Crippen molar-refractivity contribution < 1.29 is 9.53 Å². The number of fused-ring (bicyclic) bond motifs is 1. The van der Waals surface area contributed by atoms with Crippen molar-refractivity contribution >= 4 is 39.7 Å². The molecule has 196 valence electrons. The smallest absolute Gasteiger partial charge is 0.247 e. The van der Waals surface area contributed by atoms with Crippen LogP contribution in [0.2, 0.25) is 0 Å². The molecule has 9 heteroatoms. The fourth-order valence-corrected chi connectivity index (χ4v) is 4.85. The number of benzene rings is 2. The number of hydrogen-bond acceptors (Lipinski definition) is 7. The molecule has 0 unspecified atom stereocenters. The fraction of sp³-hybridized carbons (Fsp3) is 0.276. The third kappa shape index (κ3) is 5.47. The predicted molar refractivity (Wildman–Crippen MR) is 153 cm³/mol. The summed E-state index contributed by atoms with van der Waals surface area (Å²) in [7, 11) is 3.66. The van der Waals surface area contributed by atoms with Gasteiger partial charge in [0.15, 0.2) is 0 Å². The Morgan fingerprint density at radius 1 is 1.18 bits per heavy atom. The third-order valence-electron chi connectivity index (χ3n) is 6.92. The highest BCUT2D eigenvalue weighted by atomic mass is 16.5. The molecule has 1 saturated heterocycles. The van der Waals surface area contributed by atoms with Crippen molar-refractivity contribution in [2.45, 2.75) is 12.8 Å². The molecule has 2 aromatic heterocycles. The second-order valence-corrected chi connectivity index (χ2v) is 9.39. The van der Waals surface area contributed by atoms with Gasteiger partial charge in [0, 0.05) is 54.9 Å². The van der Waals surface area contributed by atoms with E-state index >= 15 is 0 Å². The highest BCUT2D eigenvalue weighted by Gasteiger charge is 2.18. The van der Waals surface area contributed by atoms with Crippen molar-refractivity contribution in [3.63, 3.8) is 0 Å². The Bertz CT molecular complexity index is 1440. The number of carbonyl (C=O) groups is 1. The van der Waals surface area contributed by atoms with Gasteiger partial charge in [0.25, 0.3) is 0 Å². The molecule has 4 aromatic rings. The van der Waals surface area contributed by atoms with Crippen molar-refractivity contribution in [3.05, 3.63) is 67.6 Å². The van der Waals surface area contributed by atoms with Gasteiger partial charge in [0.2, 0.25) is 5.91 Å². The maximum Gasteiger partial charge on any atom is 0.247 e. The number of nitrogens with one attached hydrogen (secondary N) is 3. The number of ether oxygens (including phenoxy) is 1. The van der Waals surface area contributed by atoms with Gasteiger partial charge >= 0.3 is 0 Å².